The van der Waals surface area contributed by atoms with E-state index in [1.54, 1.807) is 13.8 Å². The van der Waals surface area contributed by atoms with Gasteiger partial charge in [-0.3, -0.25) is 0 Å². The van der Waals surface area contributed by atoms with Crippen LogP contribution in [0.5, 0.6) is 0 Å². The summed E-state index contributed by atoms with van der Waals surface area (Å²) in [5.74, 6) is -0.551. The highest BCUT2D eigenvalue weighted by Gasteiger charge is 2.34. The molecule has 1 aromatic rings. The second-order valence-electron chi connectivity index (χ2n) is 4.49. The third-order valence-electron chi connectivity index (χ3n) is 2.71. The van der Waals surface area contributed by atoms with Gasteiger partial charge in [-0.15, -0.1) is 11.6 Å². The van der Waals surface area contributed by atoms with Crippen LogP contribution in [-0.2, 0) is 10.0 Å². The molecule has 0 atom stereocenters. The topological polar surface area (TPSA) is 37.4 Å². The first kappa shape index (κ1) is 15.7. The smallest absolute Gasteiger partial charge is 0.207 e. The third kappa shape index (κ3) is 2.96. The molecule has 0 aliphatic heterocycles. The minimum atomic E-state index is -3.88. The summed E-state index contributed by atoms with van der Waals surface area (Å²) in [4.78, 5) is -0.259. The SMILES string of the molecule is CN(C(C)(C)CCl)S(=O)(=O)c1cc(F)ccc1Cl. The molecule has 1 aromatic carbocycles. The first-order chi connectivity index (χ1) is 8.13. The number of alkyl halides is 1. The van der Waals surface area contributed by atoms with Crippen molar-refractivity contribution in [2.75, 3.05) is 12.9 Å². The van der Waals surface area contributed by atoms with Crippen LogP contribution in [0.25, 0.3) is 0 Å². The number of hydrogen-bond donors (Lipinski definition) is 0. The standard InChI is InChI=1S/C11H14Cl2FNO2S/c1-11(2,7-12)15(3)18(16,17)10-6-8(14)4-5-9(10)13/h4-6H,7H2,1-3H3. The van der Waals surface area contributed by atoms with Crippen molar-refractivity contribution in [1.29, 1.82) is 0 Å². The zero-order valence-corrected chi connectivity index (χ0v) is 12.6. The van der Waals surface area contributed by atoms with Crippen LogP contribution in [0.3, 0.4) is 0 Å². The summed E-state index contributed by atoms with van der Waals surface area (Å²) in [6.45, 7) is 3.34. The van der Waals surface area contributed by atoms with E-state index >= 15 is 0 Å². The molecule has 0 bridgehead atoms. The molecule has 0 heterocycles. The van der Waals surface area contributed by atoms with Crippen LogP contribution in [0, 0.1) is 5.82 Å². The van der Waals surface area contributed by atoms with Gasteiger partial charge in [-0.1, -0.05) is 11.6 Å². The van der Waals surface area contributed by atoms with E-state index in [1.165, 1.54) is 13.1 Å². The van der Waals surface area contributed by atoms with Crippen molar-refractivity contribution in [3.63, 3.8) is 0 Å². The molecular weight excluding hydrogens is 300 g/mol. The van der Waals surface area contributed by atoms with Gasteiger partial charge < -0.3 is 0 Å². The van der Waals surface area contributed by atoms with Crippen molar-refractivity contribution in [3.8, 4) is 0 Å². The van der Waals surface area contributed by atoms with Gasteiger partial charge in [-0.2, -0.15) is 4.31 Å². The van der Waals surface area contributed by atoms with E-state index in [0.717, 1.165) is 16.4 Å². The van der Waals surface area contributed by atoms with Gasteiger partial charge in [0.05, 0.1) is 5.02 Å². The molecule has 0 N–H and O–H groups in total. The summed E-state index contributed by atoms with van der Waals surface area (Å²) in [6, 6.07) is 3.22. The molecule has 0 unspecified atom stereocenters. The summed E-state index contributed by atoms with van der Waals surface area (Å²) >= 11 is 11.6. The van der Waals surface area contributed by atoms with Crippen LogP contribution in [0.1, 0.15) is 13.8 Å². The van der Waals surface area contributed by atoms with Gasteiger partial charge in [0.2, 0.25) is 10.0 Å². The quantitative estimate of drug-likeness (QED) is 0.801. The van der Waals surface area contributed by atoms with Gasteiger partial charge in [0, 0.05) is 18.5 Å². The Hall–Kier alpha value is -0.360. The number of sulfonamides is 1. The molecule has 0 saturated heterocycles. The van der Waals surface area contributed by atoms with Gasteiger partial charge >= 0.3 is 0 Å². The van der Waals surface area contributed by atoms with E-state index in [9.17, 15) is 12.8 Å². The Kier molecular flexibility index (Phi) is 4.65. The average molecular weight is 314 g/mol. The summed E-state index contributed by atoms with van der Waals surface area (Å²) in [6.07, 6.45) is 0. The number of halogens is 3. The number of benzene rings is 1. The van der Waals surface area contributed by atoms with Gasteiger partial charge in [-0.05, 0) is 32.0 Å². The monoisotopic (exact) mass is 313 g/mol. The number of nitrogens with zero attached hydrogens (tertiary/aromatic N) is 1. The van der Waals surface area contributed by atoms with Crippen molar-refractivity contribution in [2.45, 2.75) is 24.3 Å². The van der Waals surface area contributed by atoms with Crippen LogP contribution < -0.4 is 0 Å². The van der Waals surface area contributed by atoms with Crippen LogP contribution in [0.2, 0.25) is 5.02 Å². The average Bonchev–Trinajstić information content (AvgIpc) is 2.31. The molecule has 18 heavy (non-hydrogen) atoms. The number of hydrogen-bond acceptors (Lipinski definition) is 2. The highest BCUT2D eigenvalue weighted by atomic mass is 35.5. The maximum Gasteiger partial charge on any atom is 0.244 e. The largest absolute Gasteiger partial charge is 0.244 e. The Bertz CT molecular complexity index is 546. The second-order valence-corrected chi connectivity index (χ2v) is 7.11. The van der Waals surface area contributed by atoms with Crippen molar-refractivity contribution in [1.82, 2.24) is 4.31 Å². The summed E-state index contributed by atoms with van der Waals surface area (Å²) < 4.78 is 38.9. The maximum atomic E-state index is 13.2. The molecule has 0 saturated carbocycles. The molecule has 0 amide bonds. The lowest BCUT2D eigenvalue weighted by Crippen LogP contribution is -2.46. The van der Waals surface area contributed by atoms with Gasteiger partial charge in [0.15, 0.2) is 0 Å². The van der Waals surface area contributed by atoms with Gasteiger partial charge in [0.25, 0.3) is 0 Å². The Morgan fingerprint density at radius 1 is 1.39 bits per heavy atom. The Labute approximate surface area is 117 Å². The highest BCUT2D eigenvalue weighted by molar-refractivity contribution is 7.89. The molecule has 0 aliphatic carbocycles. The van der Waals surface area contributed by atoms with Crippen LogP contribution in [0.15, 0.2) is 23.1 Å². The number of rotatable bonds is 4. The zero-order valence-electron chi connectivity index (χ0n) is 10.2. The molecule has 0 aliphatic rings. The van der Waals surface area contributed by atoms with Crippen molar-refractivity contribution in [3.05, 3.63) is 29.0 Å². The minimum absolute atomic E-state index is 0.0198. The first-order valence-electron chi connectivity index (χ1n) is 5.13. The lowest BCUT2D eigenvalue weighted by molar-refractivity contribution is 0.296. The Morgan fingerprint density at radius 2 is 1.94 bits per heavy atom. The van der Waals surface area contributed by atoms with E-state index in [4.69, 9.17) is 23.2 Å². The molecule has 3 nitrogen and oxygen atoms in total. The van der Waals surface area contributed by atoms with Gasteiger partial charge in [0.1, 0.15) is 10.7 Å². The summed E-state index contributed by atoms with van der Waals surface area (Å²) in [7, 11) is -2.50. The molecule has 0 radical (unpaired) electrons. The fourth-order valence-electron chi connectivity index (χ4n) is 1.23. The fourth-order valence-corrected chi connectivity index (χ4v) is 3.48. The van der Waals surface area contributed by atoms with Gasteiger partial charge in [-0.25, -0.2) is 12.8 Å². The second kappa shape index (κ2) is 5.33. The first-order valence-corrected chi connectivity index (χ1v) is 7.48. The van der Waals surface area contributed by atoms with E-state index in [2.05, 4.69) is 0 Å². The molecule has 1 rings (SSSR count). The predicted molar refractivity (Wildman–Crippen MR) is 71.2 cm³/mol. The summed E-state index contributed by atoms with van der Waals surface area (Å²) in [5, 5.41) is -0.0198. The molecular formula is C11H14Cl2FNO2S. The molecule has 0 aromatic heterocycles. The molecule has 0 spiro atoms. The fraction of sp³-hybridized carbons (Fsp3) is 0.455. The van der Waals surface area contributed by atoms with Crippen LogP contribution in [0.4, 0.5) is 4.39 Å². The van der Waals surface area contributed by atoms with E-state index in [0.29, 0.717) is 0 Å². The molecule has 0 fully saturated rings. The Balaban J connectivity index is 3.34. The zero-order chi connectivity index (χ0) is 14.1. The van der Waals surface area contributed by atoms with Crippen molar-refractivity contribution < 1.29 is 12.8 Å². The van der Waals surface area contributed by atoms with Crippen molar-refractivity contribution in [2.24, 2.45) is 0 Å². The Morgan fingerprint density at radius 3 is 2.44 bits per heavy atom. The van der Waals surface area contributed by atoms with Crippen LogP contribution in [-0.4, -0.2) is 31.2 Å². The highest BCUT2D eigenvalue weighted by Crippen LogP contribution is 2.29. The van der Waals surface area contributed by atoms with E-state index in [1.807, 2.05) is 0 Å². The lowest BCUT2D eigenvalue weighted by Gasteiger charge is -2.32. The summed E-state index contributed by atoms with van der Waals surface area (Å²) in [5.41, 5.74) is -0.796. The van der Waals surface area contributed by atoms with Crippen molar-refractivity contribution >= 4 is 33.2 Å². The van der Waals surface area contributed by atoms with E-state index < -0.39 is 21.4 Å². The third-order valence-corrected chi connectivity index (χ3v) is 5.92. The normalized spacial score (nSPS) is 13.1. The van der Waals surface area contributed by atoms with E-state index in [-0.39, 0.29) is 15.8 Å². The van der Waals surface area contributed by atoms with Crippen LogP contribution >= 0.6 is 23.2 Å². The molecule has 7 heteroatoms. The lowest BCUT2D eigenvalue weighted by atomic mass is 10.1. The predicted octanol–water partition coefficient (Wildman–Crippen LogP) is 3.12. The maximum absolute atomic E-state index is 13.2. The minimum Gasteiger partial charge on any atom is -0.207 e. The molecule has 102 valence electrons.